The monoisotopic (exact) mass is 214 g/mol. The number of hydrogen-bond donors (Lipinski definition) is 1. The molecule has 0 aliphatic heterocycles. The molecular weight excluding hydrogens is 200 g/mol. The highest BCUT2D eigenvalue weighted by molar-refractivity contribution is 5.29. The minimum absolute atomic E-state index is 0.368. The average molecular weight is 214 g/mol. The van der Waals surface area contributed by atoms with Gasteiger partial charge in [0.05, 0.1) is 19.2 Å². The number of methoxy groups -OCH3 is 1. The van der Waals surface area contributed by atoms with Crippen LogP contribution >= 0.6 is 0 Å². The number of terminal acetylenes is 1. The van der Waals surface area contributed by atoms with E-state index in [0.717, 1.165) is 11.1 Å². The first-order valence-corrected chi connectivity index (χ1v) is 4.96. The van der Waals surface area contributed by atoms with Crippen molar-refractivity contribution in [2.75, 3.05) is 13.7 Å². The summed E-state index contributed by atoms with van der Waals surface area (Å²) in [5.41, 5.74) is 1.95. The van der Waals surface area contributed by atoms with Gasteiger partial charge in [0, 0.05) is 7.11 Å². The minimum atomic E-state index is -0.368. The molecule has 1 aromatic rings. The van der Waals surface area contributed by atoms with Crippen LogP contribution in [0.1, 0.15) is 17.2 Å². The summed E-state index contributed by atoms with van der Waals surface area (Å²) in [5, 5.41) is 12.0. The van der Waals surface area contributed by atoms with E-state index in [0.29, 0.717) is 13.2 Å². The number of benzene rings is 1. The number of nitrogens with one attached hydrogen (secondary N) is 1. The molecule has 0 aliphatic carbocycles. The van der Waals surface area contributed by atoms with Crippen molar-refractivity contribution >= 4 is 0 Å². The number of ether oxygens (including phenoxy) is 1. The Morgan fingerprint density at radius 1 is 1.56 bits per heavy atom. The number of nitrogens with zero attached hydrogens (tertiary/aromatic N) is 1. The summed E-state index contributed by atoms with van der Waals surface area (Å²) in [6.45, 7) is 0.924. The summed E-state index contributed by atoms with van der Waals surface area (Å²) < 4.78 is 5.04. The van der Waals surface area contributed by atoms with E-state index >= 15 is 0 Å². The molecule has 0 spiro atoms. The Hall–Kier alpha value is -1.81. The van der Waals surface area contributed by atoms with Crippen LogP contribution in [0, 0.1) is 23.7 Å². The summed E-state index contributed by atoms with van der Waals surface area (Å²) in [5.74, 6) is 2.46. The van der Waals surface area contributed by atoms with Gasteiger partial charge in [-0.05, 0) is 11.1 Å². The van der Waals surface area contributed by atoms with E-state index in [1.54, 1.807) is 7.11 Å². The van der Waals surface area contributed by atoms with E-state index in [1.807, 2.05) is 24.3 Å². The van der Waals surface area contributed by atoms with Crippen molar-refractivity contribution in [2.45, 2.75) is 12.6 Å². The van der Waals surface area contributed by atoms with E-state index in [4.69, 9.17) is 16.4 Å². The molecule has 0 heterocycles. The van der Waals surface area contributed by atoms with Crippen LogP contribution in [0.3, 0.4) is 0 Å². The number of nitriles is 1. The highest BCUT2D eigenvalue weighted by Gasteiger charge is 2.08. The molecule has 0 saturated carbocycles. The van der Waals surface area contributed by atoms with Crippen molar-refractivity contribution in [3.63, 3.8) is 0 Å². The largest absolute Gasteiger partial charge is 0.380 e. The van der Waals surface area contributed by atoms with Crippen molar-refractivity contribution in [1.29, 1.82) is 5.26 Å². The smallest absolute Gasteiger partial charge is 0.122 e. The van der Waals surface area contributed by atoms with Gasteiger partial charge in [-0.2, -0.15) is 5.26 Å². The van der Waals surface area contributed by atoms with Crippen molar-refractivity contribution in [3.05, 3.63) is 35.4 Å². The second kappa shape index (κ2) is 6.63. The van der Waals surface area contributed by atoms with Gasteiger partial charge in [-0.3, -0.25) is 5.32 Å². The zero-order valence-electron chi connectivity index (χ0n) is 9.23. The Morgan fingerprint density at radius 2 is 2.38 bits per heavy atom. The van der Waals surface area contributed by atoms with Crippen LogP contribution in [0.5, 0.6) is 0 Å². The normalized spacial score (nSPS) is 11.4. The van der Waals surface area contributed by atoms with Crippen molar-refractivity contribution in [1.82, 2.24) is 5.32 Å². The van der Waals surface area contributed by atoms with Gasteiger partial charge in [0.25, 0.3) is 0 Å². The molecular formula is C13H14N2O. The maximum absolute atomic E-state index is 9.01. The molecule has 0 aliphatic rings. The van der Waals surface area contributed by atoms with E-state index < -0.39 is 0 Å². The van der Waals surface area contributed by atoms with Crippen LogP contribution in [0.15, 0.2) is 24.3 Å². The third-order valence-electron chi connectivity index (χ3n) is 2.13. The van der Waals surface area contributed by atoms with Gasteiger partial charge < -0.3 is 4.74 Å². The van der Waals surface area contributed by atoms with Gasteiger partial charge >= 0.3 is 0 Å². The van der Waals surface area contributed by atoms with E-state index in [-0.39, 0.29) is 6.04 Å². The lowest BCUT2D eigenvalue weighted by atomic mass is 10.1. The third kappa shape index (κ3) is 3.40. The van der Waals surface area contributed by atoms with Crippen molar-refractivity contribution in [3.8, 4) is 18.4 Å². The van der Waals surface area contributed by atoms with Crippen molar-refractivity contribution in [2.24, 2.45) is 0 Å². The van der Waals surface area contributed by atoms with E-state index in [1.165, 1.54) is 0 Å². The lowest BCUT2D eigenvalue weighted by Gasteiger charge is -2.10. The second-order valence-electron chi connectivity index (χ2n) is 3.33. The zero-order valence-corrected chi connectivity index (χ0v) is 9.23. The summed E-state index contributed by atoms with van der Waals surface area (Å²) in [7, 11) is 1.64. The van der Waals surface area contributed by atoms with Gasteiger partial charge in [0.2, 0.25) is 0 Å². The molecule has 0 fully saturated rings. The molecule has 16 heavy (non-hydrogen) atoms. The molecule has 1 atom stereocenters. The van der Waals surface area contributed by atoms with Crippen LogP contribution in [-0.4, -0.2) is 13.7 Å². The van der Waals surface area contributed by atoms with Crippen LogP contribution in [0.2, 0.25) is 0 Å². The Bertz CT molecular complexity index is 415. The number of hydrogen-bond acceptors (Lipinski definition) is 3. The van der Waals surface area contributed by atoms with Crippen LogP contribution in [-0.2, 0) is 11.3 Å². The van der Waals surface area contributed by atoms with Gasteiger partial charge in [-0.15, -0.1) is 6.42 Å². The molecule has 0 amide bonds. The first-order valence-electron chi connectivity index (χ1n) is 4.96. The topological polar surface area (TPSA) is 45.0 Å². The van der Waals surface area contributed by atoms with Gasteiger partial charge in [0.1, 0.15) is 6.04 Å². The molecule has 1 rings (SSSR count). The lowest BCUT2D eigenvalue weighted by Crippen LogP contribution is -2.20. The summed E-state index contributed by atoms with van der Waals surface area (Å²) >= 11 is 0. The second-order valence-corrected chi connectivity index (χ2v) is 3.33. The first-order chi connectivity index (χ1) is 7.81. The average Bonchev–Trinajstić information content (AvgIpc) is 2.31. The number of rotatable bonds is 5. The molecule has 1 unspecified atom stereocenters. The predicted octanol–water partition coefficient (Wildman–Crippen LogP) is 1.62. The SMILES string of the molecule is C#CCNC(C#N)c1cccc(COC)c1. The van der Waals surface area contributed by atoms with Gasteiger partial charge in [0.15, 0.2) is 0 Å². The molecule has 3 heteroatoms. The molecule has 1 N–H and O–H groups in total. The van der Waals surface area contributed by atoms with Crippen LogP contribution in [0.4, 0.5) is 0 Å². The first kappa shape index (κ1) is 12.3. The fraction of sp³-hybridized carbons (Fsp3) is 0.308. The molecule has 82 valence electrons. The Balaban J connectivity index is 2.81. The molecule has 0 aromatic heterocycles. The predicted molar refractivity (Wildman–Crippen MR) is 62.3 cm³/mol. The van der Waals surface area contributed by atoms with E-state index in [2.05, 4.69) is 17.3 Å². The summed E-state index contributed by atoms with van der Waals surface area (Å²) in [4.78, 5) is 0. The molecule has 0 bridgehead atoms. The highest BCUT2D eigenvalue weighted by atomic mass is 16.5. The lowest BCUT2D eigenvalue weighted by molar-refractivity contribution is 0.185. The molecule has 0 saturated heterocycles. The third-order valence-corrected chi connectivity index (χ3v) is 2.13. The van der Waals surface area contributed by atoms with Gasteiger partial charge in [-0.1, -0.05) is 30.2 Å². The fourth-order valence-electron chi connectivity index (χ4n) is 1.43. The molecule has 3 nitrogen and oxygen atoms in total. The summed E-state index contributed by atoms with van der Waals surface area (Å²) in [6, 6.07) is 9.52. The Kier molecular flexibility index (Phi) is 5.08. The standard InChI is InChI=1S/C13H14N2O/c1-3-7-15-13(9-14)12-6-4-5-11(8-12)10-16-2/h1,4-6,8,13,15H,7,10H2,2H3. The van der Waals surface area contributed by atoms with Crippen LogP contribution < -0.4 is 5.32 Å². The van der Waals surface area contributed by atoms with E-state index in [9.17, 15) is 0 Å². The quantitative estimate of drug-likeness (QED) is 0.757. The van der Waals surface area contributed by atoms with Gasteiger partial charge in [-0.25, -0.2) is 0 Å². The molecule has 0 radical (unpaired) electrons. The maximum Gasteiger partial charge on any atom is 0.122 e. The highest BCUT2D eigenvalue weighted by Crippen LogP contribution is 2.14. The Morgan fingerprint density at radius 3 is 3.00 bits per heavy atom. The fourth-order valence-corrected chi connectivity index (χ4v) is 1.43. The van der Waals surface area contributed by atoms with Crippen molar-refractivity contribution < 1.29 is 4.74 Å². The zero-order chi connectivity index (χ0) is 11.8. The van der Waals surface area contributed by atoms with Crippen LogP contribution in [0.25, 0.3) is 0 Å². The minimum Gasteiger partial charge on any atom is -0.380 e. The molecule has 1 aromatic carbocycles. The Labute approximate surface area is 96.0 Å². The maximum atomic E-state index is 9.01. The summed E-state index contributed by atoms with van der Waals surface area (Å²) in [6.07, 6.45) is 5.15.